The number of benzene rings is 2. The van der Waals surface area contributed by atoms with Gasteiger partial charge in [0.05, 0.1) is 31.0 Å². The summed E-state index contributed by atoms with van der Waals surface area (Å²) >= 11 is 1.36. The summed E-state index contributed by atoms with van der Waals surface area (Å²) in [6, 6.07) is 11.4. The molecule has 7 heteroatoms. The summed E-state index contributed by atoms with van der Waals surface area (Å²) in [5.74, 6) is 4.47. The summed E-state index contributed by atoms with van der Waals surface area (Å²) in [5.41, 5.74) is 2.04. The molecule has 6 nitrogen and oxygen atoms in total. The van der Waals surface area contributed by atoms with E-state index in [0.29, 0.717) is 28.0 Å². The van der Waals surface area contributed by atoms with Gasteiger partial charge in [-0.05, 0) is 23.6 Å². The molecule has 156 valence electrons. The van der Waals surface area contributed by atoms with Crippen LogP contribution in [0.1, 0.15) is 25.3 Å². The molecule has 3 aromatic rings. The molecular weight excluding hydrogens is 400 g/mol. The average molecular weight is 425 g/mol. The van der Waals surface area contributed by atoms with Gasteiger partial charge < -0.3 is 18.8 Å². The van der Waals surface area contributed by atoms with Gasteiger partial charge in [0.25, 0.3) is 5.91 Å². The van der Waals surface area contributed by atoms with Gasteiger partial charge in [-0.3, -0.25) is 4.79 Å². The second-order valence-corrected chi connectivity index (χ2v) is 7.88. The Hall–Kier alpha value is -3.24. The van der Waals surface area contributed by atoms with E-state index < -0.39 is 0 Å². The zero-order valence-electron chi connectivity index (χ0n) is 17.5. The van der Waals surface area contributed by atoms with Crippen molar-refractivity contribution in [1.82, 2.24) is 4.57 Å². The van der Waals surface area contributed by atoms with Gasteiger partial charge in [-0.1, -0.05) is 43.2 Å². The van der Waals surface area contributed by atoms with Gasteiger partial charge in [0.2, 0.25) is 0 Å². The van der Waals surface area contributed by atoms with Crippen LogP contribution in [0.25, 0.3) is 10.2 Å². The number of hydrogen-bond donors (Lipinski definition) is 0. The topological polar surface area (TPSA) is 62.1 Å². The summed E-state index contributed by atoms with van der Waals surface area (Å²) in [6.45, 7) is 4.37. The minimum atomic E-state index is -0.390. The number of hydrogen-bond acceptors (Lipinski definition) is 5. The highest BCUT2D eigenvalue weighted by atomic mass is 32.1. The molecule has 1 aromatic heterocycles. The number of fused-ring (bicyclic) bond motifs is 1. The predicted molar refractivity (Wildman–Crippen MR) is 118 cm³/mol. The van der Waals surface area contributed by atoms with E-state index >= 15 is 0 Å². The molecule has 0 spiro atoms. The molecule has 0 radical (unpaired) electrons. The molecule has 30 heavy (non-hydrogen) atoms. The number of ether oxygens (including phenoxy) is 3. The number of carbonyl (C=O) groups excluding carboxylic acids is 1. The lowest BCUT2D eigenvalue weighted by molar-refractivity contribution is -0.120. The molecule has 1 amide bonds. The van der Waals surface area contributed by atoms with Crippen LogP contribution in [0, 0.1) is 12.3 Å². The number of nitrogens with zero attached hydrogens (tertiary/aromatic N) is 2. The minimum absolute atomic E-state index is 0.155. The van der Waals surface area contributed by atoms with Crippen LogP contribution in [-0.2, 0) is 11.3 Å². The molecule has 0 aliphatic carbocycles. The SMILES string of the molecule is C#CCn1c(=NC(=O)COc2ccc(C(C)C)cc2)sc2cc(OC)c(OC)cc21. The highest BCUT2D eigenvalue weighted by molar-refractivity contribution is 7.16. The summed E-state index contributed by atoms with van der Waals surface area (Å²) in [7, 11) is 3.15. The first-order valence-corrected chi connectivity index (χ1v) is 10.3. The van der Waals surface area contributed by atoms with Gasteiger partial charge in [-0.2, -0.15) is 4.99 Å². The predicted octanol–water partition coefficient (Wildman–Crippen LogP) is 3.98. The standard InChI is InChI=1S/C23H24N2O4S/c1-6-11-25-18-12-19(27-4)20(28-5)13-21(18)30-23(25)24-22(26)14-29-17-9-7-16(8-10-17)15(2)3/h1,7-10,12-13,15H,11,14H2,2-5H3. The van der Waals surface area contributed by atoms with Crippen LogP contribution in [0.15, 0.2) is 41.4 Å². The maximum atomic E-state index is 12.4. The largest absolute Gasteiger partial charge is 0.493 e. The van der Waals surface area contributed by atoms with Crippen LogP contribution in [0.2, 0.25) is 0 Å². The van der Waals surface area contributed by atoms with Crippen LogP contribution in [0.5, 0.6) is 17.2 Å². The third kappa shape index (κ3) is 4.66. The number of terminal acetylenes is 1. The highest BCUT2D eigenvalue weighted by Gasteiger charge is 2.13. The Labute approximate surface area is 179 Å². The first kappa shape index (κ1) is 21.5. The Morgan fingerprint density at radius 2 is 1.83 bits per heavy atom. The lowest BCUT2D eigenvalue weighted by atomic mass is 10.0. The van der Waals surface area contributed by atoms with E-state index in [0.717, 1.165) is 10.2 Å². The van der Waals surface area contributed by atoms with Gasteiger partial charge >= 0.3 is 0 Å². The molecule has 0 saturated heterocycles. The van der Waals surface area contributed by atoms with Crippen LogP contribution >= 0.6 is 11.3 Å². The number of carbonyl (C=O) groups is 1. The summed E-state index contributed by atoms with van der Waals surface area (Å²) in [6.07, 6.45) is 5.53. The molecule has 3 rings (SSSR count). The van der Waals surface area contributed by atoms with Crippen molar-refractivity contribution < 1.29 is 19.0 Å². The normalized spacial score (nSPS) is 11.5. The van der Waals surface area contributed by atoms with Gasteiger partial charge in [0, 0.05) is 12.1 Å². The molecule has 0 aliphatic rings. The van der Waals surface area contributed by atoms with Crippen molar-refractivity contribution in [3.63, 3.8) is 0 Å². The Balaban J connectivity index is 1.87. The first-order chi connectivity index (χ1) is 14.5. The average Bonchev–Trinajstić information content (AvgIpc) is 3.07. The molecule has 1 heterocycles. The van der Waals surface area contributed by atoms with E-state index in [-0.39, 0.29) is 19.1 Å². The molecule has 2 aromatic carbocycles. The fourth-order valence-corrected chi connectivity index (χ4v) is 4.02. The molecule has 0 unspecified atom stereocenters. The quantitative estimate of drug-likeness (QED) is 0.538. The van der Waals surface area contributed by atoms with E-state index in [1.165, 1.54) is 16.9 Å². The highest BCUT2D eigenvalue weighted by Crippen LogP contribution is 2.33. The second-order valence-electron chi connectivity index (χ2n) is 6.87. The number of amides is 1. The fraction of sp³-hybridized carbons (Fsp3) is 0.304. The number of aromatic nitrogens is 1. The zero-order valence-corrected chi connectivity index (χ0v) is 18.3. The van der Waals surface area contributed by atoms with Gasteiger partial charge in [0.15, 0.2) is 22.9 Å². The summed E-state index contributed by atoms with van der Waals surface area (Å²) in [5, 5.41) is 0. The van der Waals surface area contributed by atoms with Crippen molar-refractivity contribution in [1.29, 1.82) is 0 Å². The van der Waals surface area contributed by atoms with E-state index in [1.807, 2.05) is 36.4 Å². The molecule has 0 N–H and O–H groups in total. The van der Waals surface area contributed by atoms with Crippen LogP contribution in [-0.4, -0.2) is 31.3 Å². The molecule has 0 aliphatic heterocycles. The molecular formula is C23H24N2O4S. The van der Waals surface area contributed by atoms with Gasteiger partial charge in [0.1, 0.15) is 5.75 Å². The van der Waals surface area contributed by atoms with Crippen molar-refractivity contribution in [2.75, 3.05) is 20.8 Å². The van der Waals surface area contributed by atoms with Crippen LogP contribution in [0.4, 0.5) is 0 Å². The van der Waals surface area contributed by atoms with E-state index in [4.69, 9.17) is 20.6 Å². The Morgan fingerprint density at radius 3 is 2.43 bits per heavy atom. The maximum absolute atomic E-state index is 12.4. The molecule has 0 saturated carbocycles. The maximum Gasteiger partial charge on any atom is 0.286 e. The third-order valence-corrected chi connectivity index (χ3v) is 5.61. The lowest BCUT2D eigenvalue weighted by Gasteiger charge is -2.08. The zero-order chi connectivity index (χ0) is 21.7. The fourth-order valence-electron chi connectivity index (χ4n) is 2.96. The lowest BCUT2D eigenvalue weighted by Crippen LogP contribution is -2.19. The van der Waals surface area contributed by atoms with E-state index in [9.17, 15) is 4.79 Å². The summed E-state index contributed by atoms with van der Waals surface area (Å²) in [4.78, 5) is 17.2. The smallest absolute Gasteiger partial charge is 0.286 e. The number of thiazole rings is 1. The number of rotatable bonds is 7. The van der Waals surface area contributed by atoms with E-state index in [1.54, 1.807) is 18.8 Å². The van der Waals surface area contributed by atoms with Crippen molar-refractivity contribution in [2.45, 2.75) is 26.3 Å². The molecule has 0 bridgehead atoms. The Morgan fingerprint density at radius 1 is 1.17 bits per heavy atom. The first-order valence-electron chi connectivity index (χ1n) is 9.46. The second kappa shape index (κ2) is 9.51. The van der Waals surface area contributed by atoms with Crippen LogP contribution < -0.4 is 19.0 Å². The van der Waals surface area contributed by atoms with Crippen molar-refractivity contribution in [3.8, 4) is 29.6 Å². The third-order valence-electron chi connectivity index (χ3n) is 4.57. The number of methoxy groups -OCH3 is 2. The van der Waals surface area contributed by atoms with Gasteiger partial charge in [-0.15, -0.1) is 6.42 Å². The van der Waals surface area contributed by atoms with Gasteiger partial charge in [-0.25, -0.2) is 0 Å². The minimum Gasteiger partial charge on any atom is -0.493 e. The van der Waals surface area contributed by atoms with Crippen molar-refractivity contribution in [2.24, 2.45) is 4.99 Å². The van der Waals surface area contributed by atoms with Crippen molar-refractivity contribution in [3.05, 3.63) is 46.8 Å². The Kier molecular flexibility index (Phi) is 6.80. The molecule has 0 fully saturated rings. The Bertz CT molecular complexity index is 1150. The van der Waals surface area contributed by atoms with E-state index in [2.05, 4.69) is 24.8 Å². The van der Waals surface area contributed by atoms with Crippen molar-refractivity contribution >= 4 is 27.5 Å². The monoisotopic (exact) mass is 424 g/mol. The molecule has 0 atom stereocenters. The van der Waals surface area contributed by atoms with Crippen LogP contribution in [0.3, 0.4) is 0 Å². The summed E-state index contributed by atoms with van der Waals surface area (Å²) < 4.78 is 19.0.